The van der Waals surface area contributed by atoms with Crippen LogP contribution in [0.3, 0.4) is 0 Å². The Balaban J connectivity index is 2.50. The largest absolute Gasteiger partial charge is 0.481 e. The Morgan fingerprint density at radius 3 is 2.62 bits per heavy atom. The van der Waals surface area contributed by atoms with Crippen LogP contribution in [-0.4, -0.2) is 41.1 Å². The van der Waals surface area contributed by atoms with Gasteiger partial charge in [0.05, 0.1) is 12.3 Å². The summed E-state index contributed by atoms with van der Waals surface area (Å²) in [5.74, 6) is -2.21. The first-order valence-corrected chi connectivity index (χ1v) is 4.87. The number of aliphatic carboxylic acids is 1. The molecule has 1 aliphatic heterocycles. The molecule has 16 heavy (non-hydrogen) atoms. The fourth-order valence-electron chi connectivity index (χ4n) is 1.59. The minimum atomic E-state index is -4.32. The first kappa shape index (κ1) is 12.8. The van der Waals surface area contributed by atoms with Crippen LogP contribution in [0.15, 0.2) is 0 Å². The molecule has 0 radical (unpaired) electrons. The van der Waals surface area contributed by atoms with Gasteiger partial charge in [-0.25, -0.2) is 0 Å². The van der Waals surface area contributed by atoms with E-state index in [0.29, 0.717) is 0 Å². The molecule has 92 valence electrons. The highest BCUT2D eigenvalue weighted by Crippen LogP contribution is 2.23. The minimum Gasteiger partial charge on any atom is -0.481 e. The Kier molecular flexibility index (Phi) is 3.77. The van der Waals surface area contributed by atoms with Crippen molar-refractivity contribution in [2.45, 2.75) is 25.4 Å². The number of hydrogen-bond acceptors (Lipinski definition) is 2. The number of hydrogen-bond donors (Lipinski definition) is 1. The van der Waals surface area contributed by atoms with Crippen molar-refractivity contribution in [1.82, 2.24) is 4.90 Å². The summed E-state index contributed by atoms with van der Waals surface area (Å²) >= 11 is 0. The summed E-state index contributed by atoms with van der Waals surface area (Å²) in [5, 5.41) is 8.71. The van der Waals surface area contributed by atoms with E-state index in [4.69, 9.17) is 5.11 Å². The van der Waals surface area contributed by atoms with Crippen LogP contribution < -0.4 is 0 Å². The lowest BCUT2D eigenvalue weighted by molar-refractivity contribution is -0.152. The van der Waals surface area contributed by atoms with E-state index in [2.05, 4.69) is 0 Å². The molecule has 7 heteroatoms. The molecule has 0 aromatic carbocycles. The highest BCUT2D eigenvalue weighted by Gasteiger charge is 2.33. The molecule has 1 N–H and O–H groups in total. The first-order chi connectivity index (χ1) is 7.29. The quantitative estimate of drug-likeness (QED) is 0.806. The molecule has 0 saturated carbocycles. The van der Waals surface area contributed by atoms with Crippen molar-refractivity contribution in [2.75, 3.05) is 13.1 Å². The molecule has 1 atom stereocenters. The van der Waals surface area contributed by atoms with Gasteiger partial charge in [-0.1, -0.05) is 0 Å². The molecule has 1 rings (SSSR count). The number of carbonyl (C=O) groups excluding carboxylic acids is 1. The van der Waals surface area contributed by atoms with Gasteiger partial charge in [0.2, 0.25) is 5.91 Å². The fraction of sp³-hybridized carbons (Fsp3) is 0.778. The molecule has 0 aromatic heterocycles. The van der Waals surface area contributed by atoms with Crippen LogP contribution in [0.4, 0.5) is 13.2 Å². The highest BCUT2D eigenvalue weighted by atomic mass is 19.4. The predicted octanol–water partition coefficient (Wildman–Crippen LogP) is 1.26. The molecular formula is C9H12F3NO3. The average molecular weight is 239 g/mol. The molecule has 1 unspecified atom stereocenters. The average Bonchev–Trinajstić information content (AvgIpc) is 2.14. The molecule has 1 heterocycles. The van der Waals surface area contributed by atoms with E-state index in [1.807, 2.05) is 0 Å². The molecule has 1 aliphatic rings. The second kappa shape index (κ2) is 4.71. The number of nitrogens with zero attached hydrogens (tertiary/aromatic N) is 1. The maximum atomic E-state index is 11.9. The Bertz CT molecular complexity index is 290. The number of alkyl halides is 3. The Morgan fingerprint density at radius 1 is 1.50 bits per heavy atom. The third-order valence-corrected chi connectivity index (χ3v) is 2.51. The van der Waals surface area contributed by atoms with Gasteiger partial charge in [0.25, 0.3) is 0 Å². The van der Waals surface area contributed by atoms with Gasteiger partial charge in [-0.2, -0.15) is 13.2 Å². The number of carboxylic acids is 1. The molecule has 4 nitrogen and oxygen atoms in total. The van der Waals surface area contributed by atoms with E-state index in [9.17, 15) is 22.8 Å². The third kappa shape index (κ3) is 3.71. The van der Waals surface area contributed by atoms with Crippen LogP contribution >= 0.6 is 0 Å². The van der Waals surface area contributed by atoms with Crippen LogP contribution in [0.2, 0.25) is 0 Å². The maximum Gasteiger partial charge on any atom is 0.390 e. The van der Waals surface area contributed by atoms with E-state index < -0.39 is 36.9 Å². The van der Waals surface area contributed by atoms with E-state index in [-0.39, 0.29) is 19.4 Å². The summed E-state index contributed by atoms with van der Waals surface area (Å²) in [7, 11) is 0. The predicted molar refractivity (Wildman–Crippen MR) is 47.6 cm³/mol. The molecule has 1 amide bonds. The fourth-order valence-corrected chi connectivity index (χ4v) is 1.59. The zero-order chi connectivity index (χ0) is 12.3. The second-order valence-electron chi connectivity index (χ2n) is 3.78. The van der Waals surface area contributed by atoms with Gasteiger partial charge in [0.1, 0.15) is 0 Å². The number of likely N-dealkylation sites (tertiary alicyclic amines) is 1. The van der Waals surface area contributed by atoms with Crippen LogP contribution in [0, 0.1) is 5.92 Å². The Morgan fingerprint density at radius 2 is 2.12 bits per heavy atom. The standard InChI is InChI=1S/C9H12F3NO3/c10-9(11,12)3-4-13-5-6(8(15)16)1-2-7(13)14/h6H,1-5H2,(H,15,16). The van der Waals surface area contributed by atoms with Gasteiger partial charge < -0.3 is 10.0 Å². The van der Waals surface area contributed by atoms with Crippen molar-refractivity contribution in [3.8, 4) is 0 Å². The van der Waals surface area contributed by atoms with Crippen LogP contribution in [-0.2, 0) is 9.59 Å². The second-order valence-corrected chi connectivity index (χ2v) is 3.78. The number of piperidine rings is 1. The van der Waals surface area contributed by atoms with Gasteiger partial charge in [0.15, 0.2) is 0 Å². The Hall–Kier alpha value is -1.27. The molecule has 0 spiro atoms. The lowest BCUT2D eigenvalue weighted by atomic mass is 9.97. The normalized spacial score (nSPS) is 22.3. The number of carbonyl (C=O) groups is 2. The van der Waals surface area contributed by atoms with Crippen LogP contribution in [0.5, 0.6) is 0 Å². The summed E-state index contributed by atoms with van der Waals surface area (Å²) in [6.07, 6.45) is -5.20. The SMILES string of the molecule is O=C(O)C1CCC(=O)N(CCC(F)(F)F)C1. The highest BCUT2D eigenvalue weighted by molar-refractivity contribution is 5.80. The molecule has 0 bridgehead atoms. The van der Waals surface area contributed by atoms with Crippen molar-refractivity contribution >= 4 is 11.9 Å². The smallest absolute Gasteiger partial charge is 0.390 e. The molecule has 1 fully saturated rings. The molecular weight excluding hydrogens is 227 g/mol. The summed E-state index contributed by atoms with van der Waals surface area (Å²) < 4.78 is 35.8. The summed E-state index contributed by atoms with van der Waals surface area (Å²) in [6, 6.07) is 0. The summed E-state index contributed by atoms with van der Waals surface area (Å²) in [4.78, 5) is 22.9. The lowest BCUT2D eigenvalue weighted by Crippen LogP contribution is -2.43. The van der Waals surface area contributed by atoms with Crippen LogP contribution in [0.1, 0.15) is 19.3 Å². The van der Waals surface area contributed by atoms with E-state index >= 15 is 0 Å². The van der Waals surface area contributed by atoms with Crippen molar-refractivity contribution < 1.29 is 27.9 Å². The number of carboxylic acid groups (broad SMARTS) is 1. The third-order valence-electron chi connectivity index (χ3n) is 2.51. The lowest BCUT2D eigenvalue weighted by Gasteiger charge is -2.30. The Labute approximate surface area is 90.0 Å². The number of halogens is 3. The van der Waals surface area contributed by atoms with E-state index in [1.165, 1.54) is 0 Å². The van der Waals surface area contributed by atoms with Gasteiger partial charge >= 0.3 is 12.1 Å². The summed E-state index contributed by atoms with van der Waals surface area (Å²) in [5.41, 5.74) is 0. The molecule has 0 aliphatic carbocycles. The minimum absolute atomic E-state index is 0.00875. The van der Waals surface area contributed by atoms with Crippen molar-refractivity contribution in [1.29, 1.82) is 0 Å². The molecule has 0 aromatic rings. The molecule has 1 saturated heterocycles. The summed E-state index contributed by atoms with van der Waals surface area (Å²) in [6.45, 7) is -0.573. The van der Waals surface area contributed by atoms with Crippen molar-refractivity contribution in [2.24, 2.45) is 5.92 Å². The van der Waals surface area contributed by atoms with Crippen molar-refractivity contribution in [3.05, 3.63) is 0 Å². The van der Waals surface area contributed by atoms with Crippen molar-refractivity contribution in [3.63, 3.8) is 0 Å². The van der Waals surface area contributed by atoms with Gasteiger partial charge in [-0.15, -0.1) is 0 Å². The number of rotatable bonds is 3. The zero-order valence-corrected chi connectivity index (χ0v) is 8.46. The van der Waals surface area contributed by atoms with Crippen LogP contribution in [0.25, 0.3) is 0 Å². The monoisotopic (exact) mass is 239 g/mol. The van der Waals surface area contributed by atoms with Gasteiger partial charge in [0, 0.05) is 19.5 Å². The van der Waals surface area contributed by atoms with Gasteiger partial charge in [-0.3, -0.25) is 9.59 Å². The van der Waals surface area contributed by atoms with E-state index in [1.54, 1.807) is 0 Å². The zero-order valence-electron chi connectivity index (χ0n) is 8.46. The number of amides is 1. The van der Waals surface area contributed by atoms with Gasteiger partial charge in [-0.05, 0) is 6.42 Å². The maximum absolute atomic E-state index is 11.9. The van der Waals surface area contributed by atoms with E-state index in [0.717, 1.165) is 4.90 Å². The first-order valence-electron chi connectivity index (χ1n) is 4.87. The topological polar surface area (TPSA) is 57.6 Å².